The number of H-pyrrole nitrogens is 1. The molecule has 0 aliphatic carbocycles. The van der Waals surface area contributed by atoms with Crippen LogP contribution in [0.15, 0.2) is 0 Å². The Kier molecular flexibility index (Phi) is 4.56. The molecular weight excluding hydrogens is 320 g/mol. The lowest BCUT2D eigenvalue weighted by Gasteiger charge is -2.54. The number of aliphatic hydroxyl groups excluding tert-OH is 1. The fourth-order valence-corrected chi connectivity index (χ4v) is 4.87. The van der Waals surface area contributed by atoms with Gasteiger partial charge in [-0.15, -0.1) is 0 Å². The Morgan fingerprint density at radius 2 is 2.32 bits per heavy atom. The highest BCUT2D eigenvalue weighted by Crippen LogP contribution is 2.42. The molecule has 3 aliphatic rings. The number of aliphatic hydroxyl groups is 1. The second-order valence-corrected chi connectivity index (χ2v) is 7.60. The Bertz CT molecular complexity index is 646. The summed E-state index contributed by atoms with van der Waals surface area (Å²) in [7, 11) is 0. The maximum Gasteiger partial charge on any atom is 0.274 e. The number of likely N-dealkylation sites (N-methyl/N-ethyl adjacent to an activating group) is 1. The molecule has 0 aromatic carbocycles. The lowest BCUT2D eigenvalue weighted by atomic mass is 9.69. The number of likely N-dealkylation sites (tertiary alicyclic amines) is 2. The normalized spacial score (nSPS) is 30.0. The van der Waals surface area contributed by atoms with Crippen molar-refractivity contribution in [2.45, 2.75) is 45.3 Å². The van der Waals surface area contributed by atoms with Gasteiger partial charge >= 0.3 is 0 Å². The number of carbonyl (C=O) groups excluding carboxylic acids is 1. The van der Waals surface area contributed by atoms with Crippen LogP contribution in [0.5, 0.6) is 0 Å². The number of aromatic nitrogens is 2. The third kappa shape index (κ3) is 2.78. The predicted octanol–water partition coefficient (Wildman–Crippen LogP) is 0.791. The Morgan fingerprint density at radius 1 is 1.44 bits per heavy atom. The van der Waals surface area contributed by atoms with Crippen LogP contribution >= 0.6 is 0 Å². The molecule has 0 bridgehead atoms. The number of aromatic amines is 1. The summed E-state index contributed by atoms with van der Waals surface area (Å²) in [5, 5.41) is 17.4. The molecule has 2 atom stereocenters. The van der Waals surface area contributed by atoms with Gasteiger partial charge in [-0.3, -0.25) is 14.8 Å². The fourth-order valence-electron chi connectivity index (χ4n) is 4.87. The van der Waals surface area contributed by atoms with Crippen LogP contribution in [0.25, 0.3) is 0 Å². The van der Waals surface area contributed by atoms with Crippen LogP contribution in [0.4, 0.5) is 0 Å². The van der Waals surface area contributed by atoms with Crippen molar-refractivity contribution >= 4 is 5.91 Å². The minimum Gasteiger partial charge on any atom is -0.396 e. The molecule has 0 radical (unpaired) electrons. The van der Waals surface area contributed by atoms with E-state index in [9.17, 15) is 9.90 Å². The lowest BCUT2D eigenvalue weighted by molar-refractivity contribution is -0.0677. The van der Waals surface area contributed by atoms with E-state index in [1.807, 2.05) is 4.90 Å². The van der Waals surface area contributed by atoms with E-state index in [0.717, 1.165) is 50.0 Å². The van der Waals surface area contributed by atoms with Crippen LogP contribution in [0, 0.1) is 5.41 Å². The smallest absolute Gasteiger partial charge is 0.274 e. The van der Waals surface area contributed by atoms with Gasteiger partial charge in [-0.2, -0.15) is 5.10 Å². The zero-order valence-electron chi connectivity index (χ0n) is 15.0. The number of nitrogens with zero attached hydrogens (tertiary/aromatic N) is 3. The molecule has 1 amide bonds. The van der Waals surface area contributed by atoms with Crippen molar-refractivity contribution < 1.29 is 14.6 Å². The molecular formula is C18H28N4O3. The van der Waals surface area contributed by atoms with Crippen LogP contribution < -0.4 is 0 Å². The van der Waals surface area contributed by atoms with Gasteiger partial charge in [-0.1, -0.05) is 6.92 Å². The maximum absolute atomic E-state index is 13.1. The third-order valence-electron chi connectivity index (χ3n) is 6.45. The average molecular weight is 348 g/mol. The Labute approximate surface area is 148 Å². The van der Waals surface area contributed by atoms with Crippen LogP contribution in [-0.2, 0) is 17.8 Å². The van der Waals surface area contributed by atoms with E-state index in [2.05, 4.69) is 22.0 Å². The third-order valence-corrected chi connectivity index (χ3v) is 6.45. The number of rotatable bonds is 3. The summed E-state index contributed by atoms with van der Waals surface area (Å²) < 4.78 is 5.51. The van der Waals surface area contributed by atoms with E-state index in [4.69, 9.17) is 4.74 Å². The van der Waals surface area contributed by atoms with Crippen molar-refractivity contribution in [2.75, 3.05) is 39.4 Å². The number of hydrogen-bond donors (Lipinski definition) is 2. The lowest BCUT2D eigenvalue weighted by Crippen LogP contribution is -2.63. The molecule has 1 aromatic rings. The van der Waals surface area contributed by atoms with E-state index >= 15 is 0 Å². The number of amides is 1. The van der Waals surface area contributed by atoms with Crippen LogP contribution in [-0.4, -0.2) is 76.4 Å². The summed E-state index contributed by atoms with van der Waals surface area (Å²) in [6, 6.07) is 0.236. The second-order valence-electron chi connectivity index (χ2n) is 7.60. The van der Waals surface area contributed by atoms with Crippen molar-refractivity contribution in [1.82, 2.24) is 20.0 Å². The van der Waals surface area contributed by atoms with Gasteiger partial charge < -0.3 is 14.7 Å². The zero-order valence-corrected chi connectivity index (χ0v) is 15.0. The molecule has 4 rings (SSSR count). The van der Waals surface area contributed by atoms with Gasteiger partial charge in [0.05, 0.1) is 19.8 Å². The van der Waals surface area contributed by atoms with Gasteiger partial charge in [0.1, 0.15) is 0 Å². The Hall–Kier alpha value is -1.44. The van der Waals surface area contributed by atoms with E-state index < -0.39 is 0 Å². The first kappa shape index (κ1) is 17.0. The largest absolute Gasteiger partial charge is 0.396 e. The number of fused-ring (bicyclic) bond motifs is 2. The van der Waals surface area contributed by atoms with E-state index in [1.54, 1.807) is 0 Å². The second kappa shape index (κ2) is 6.70. The van der Waals surface area contributed by atoms with Crippen molar-refractivity contribution in [3.8, 4) is 0 Å². The molecule has 2 fully saturated rings. The summed E-state index contributed by atoms with van der Waals surface area (Å²) in [5.74, 6) is -0.00355. The number of ether oxygens (including phenoxy) is 1. The Morgan fingerprint density at radius 3 is 3.12 bits per heavy atom. The first-order valence-electron chi connectivity index (χ1n) is 9.46. The minimum absolute atomic E-state index is 0.00355. The van der Waals surface area contributed by atoms with E-state index in [-0.39, 0.29) is 24.0 Å². The minimum atomic E-state index is -0.0564. The first-order valence-corrected chi connectivity index (χ1v) is 9.46. The SMILES string of the molecule is CCN1CCC[C@]2(CO)CCN(C(=O)c3n[nH]c4c3COCC4)C[C@@H]12. The average Bonchev–Trinajstić information content (AvgIpc) is 3.10. The van der Waals surface area contributed by atoms with Gasteiger partial charge in [0, 0.05) is 42.2 Å². The van der Waals surface area contributed by atoms with Gasteiger partial charge in [0.25, 0.3) is 5.91 Å². The summed E-state index contributed by atoms with van der Waals surface area (Å²) >= 11 is 0. The van der Waals surface area contributed by atoms with Gasteiger partial charge in [-0.05, 0) is 32.4 Å². The predicted molar refractivity (Wildman–Crippen MR) is 92.3 cm³/mol. The highest BCUT2D eigenvalue weighted by Gasteiger charge is 2.48. The first-order chi connectivity index (χ1) is 12.2. The molecule has 2 N–H and O–H groups in total. The fraction of sp³-hybridized carbons (Fsp3) is 0.778. The number of piperidine rings is 2. The highest BCUT2D eigenvalue weighted by molar-refractivity contribution is 5.94. The summed E-state index contributed by atoms with van der Waals surface area (Å²) in [4.78, 5) is 17.5. The Balaban J connectivity index is 1.56. The molecule has 0 saturated carbocycles. The molecule has 3 aliphatic heterocycles. The number of hydrogen-bond acceptors (Lipinski definition) is 5. The summed E-state index contributed by atoms with van der Waals surface area (Å²) in [6.07, 6.45) is 3.83. The molecule has 7 heteroatoms. The van der Waals surface area contributed by atoms with E-state index in [1.165, 1.54) is 0 Å². The van der Waals surface area contributed by atoms with Crippen LogP contribution in [0.1, 0.15) is 47.9 Å². The van der Waals surface area contributed by atoms with Crippen LogP contribution in [0.3, 0.4) is 0 Å². The van der Waals surface area contributed by atoms with Crippen LogP contribution in [0.2, 0.25) is 0 Å². The quantitative estimate of drug-likeness (QED) is 0.844. The standard InChI is InChI=1S/C18H28N4O3/c1-2-21-7-3-5-18(12-23)6-8-22(10-15(18)21)17(24)16-13-11-25-9-4-14(13)19-20-16/h15,23H,2-12H2,1H3,(H,19,20)/t15-,18-/m1/s1. The molecule has 2 saturated heterocycles. The zero-order chi connectivity index (χ0) is 17.4. The van der Waals surface area contributed by atoms with Gasteiger partial charge in [-0.25, -0.2) is 0 Å². The monoisotopic (exact) mass is 348 g/mol. The van der Waals surface area contributed by atoms with Crippen molar-refractivity contribution in [3.05, 3.63) is 17.0 Å². The number of nitrogens with one attached hydrogen (secondary N) is 1. The van der Waals surface area contributed by atoms with Crippen molar-refractivity contribution in [1.29, 1.82) is 0 Å². The molecule has 0 spiro atoms. The summed E-state index contributed by atoms with van der Waals surface area (Å²) in [6.45, 7) is 6.89. The molecule has 138 valence electrons. The topological polar surface area (TPSA) is 81.7 Å². The van der Waals surface area contributed by atoms with Gasteiger partial charge in [0.2, 0.25) is 0 Å². The molecule has 0 unspecified atom stereocenters. The van der Waals surface area contributed by atoms with Crippen molar-refractivity contribution in [2.24, 2.45) is 5.41 Å². The molecule has 4 heterocycles. The summed E-state index contributed by atoms with van der Waals surface area (Å²) in [5.41, 5.74) is 2.42. The van der Waals surface area contributed by atoms with Crippen molar-refractivity contribution in [3.63, 3.8) is 0 Å². The molecule has 7 nitrogen and oxygen atoms in total. The molecule has 1 aromatic heterocycles. The van der Waals surface area contributed by atoms with Gasteiger partial charge in [0.15, 0.2) is 5.69 Å². The number of carbonyl (C=O) groups is 1. The molecule has 25 heavy (non-hydrogen) atoms. The van der Waals surface area contributed by atoms with E-state index in [0.29, 0.717) is 32.0 Å². The maximum atomic E-state index is 13.1. The highest BCUT2D eigenvalue weighted by atomic mass is 16.5.